The Labute approximate surface area is 127 Å². The van der Waals surface area contributed by atoms with E-state index in [1.54, 1.807) is 6.20 Å². The van der Waals surface area contributed by atoms with E-state index >= 15 is 0 Å². The number of hydrogen-bond acceptors (Lipinski definition) is 6. The van der Waals surface area contributed by atoms with E-state index in [9.17, 15) is 5.11 Å². The van der Waals surface area contributed by atoms with Gasteiger partial charge in [0.2, 0.25) is 5.95 Å². The molecule has 1 aliphatic heterocycles. The fraction of sp³-hybridized carbons (Fsp3) is 0.733. The van der Waals surface area contributed by atoms with E-state index in [-0.39, 0.29) is 6.10 Å². The van der Waals surface area contributed by atoms with Crippen LogP contribution in [0.25, 0.3) is 0 Å². The van der Waals surface area contributed by atoms with Gasteiger partial charge < -0.3 is 20.2 Å². The maximum atomic E-state index is 9.76. The first-order valence-electron chi connectivity index (χ1n) is 7.95. The number of aromatic nitrogens is 2. The molecule has 0 bridgehead atoms. The number of nitrogens with one attached hydrogen (secondary N) is 1. The van der Waals surface area contributed by atoms with Crippen molar-refractivity contribution in [3.63, 3.8) is 0 Å². The average Bonchev–Trinajstić information content (AvgIpc) is 2.52. The molecule has 1 fully saturated rings. The summed E-state index contributed by atoms with van der Waals surface area (Å²) >= 11 is 0. The monoisotopic (exact) mass is 293 g/mol. The van der Waals surface area contributed by atoms with Crippen molar-refractivity contribution in [2.45, 2.75) is 32.8 Å². The van der Waals surface area contributed by atoms with Gasteiger partial charge in [0, 0.05) is 32.4 Å². The van der Waals surface area contributed by atoms with Crippen LogP contribution in [0.3, 0.4) is 0 Å². The topological polar surface area (TPSA) is 64.5 Å². The van der Waals surface area contributed by atoms with Crippen molar-refractivity contribution in [3.8, 4) is 0 Å². The Morgan fingerprint density at radius 2 is 2.24 bits per heavy atom. The van der Waals surface area contributed by atoms with E-state index in [4.69, 9.17) is 0 Å². The van der Waals surface area contributed by atoms with Gasteiger partial charge in [-0.2, -0.15) is 4.98 Å². The molecule has 1 aromatic heterocycles. The molecular weight excluding hydrogens is 266 g/mol. The summed E-state index contributed by atoms with van der Waals surface area (Å²) in [6.07, 6.45) is 3.43. The number of likely N-dealkylation sites (N-methyl/N-ethyl adjacent to an activating group) is 1. The molecule has 1 unspecified atom stereocenters. The second-order valence-corrected chi connectivity index (χ2v) is 5.43. The second-order valence-electron chi connectivity index (χ2n) is 5.43. The van der Waals surface area contributed by atoms with Crippen molar-refractivity contribution in [3.05, 3.63) is 12.3 Å². The van der Waals surface area contributed by atoms with Crippen molar-refractivity contribution < 1.29 is 5.11 Å². The molecule has 6 heteroatoms. The lowest BCUT2D eigenvalue weighted by Gasteiger charge is -2.31. The van der Waals surface area contributed by atoms with Crippen LogP contribution >= 0.6 is 0 Å². The quantitative estimate of drug-likeness (QED) is 0.787. The fourth-order valence-corrected chi connectivity index (χ4v) is 2.64. The molecule has 0 aromatic carbocycles. The number of hydrogen-bond donors (Lipinski definition) is 2. The van der Waals surface area contributed by atoms with Crippen molar-refractivity contribution in [1.82, 2.24) is 14.9 Å². The number of rotatable bonds is 7. The number of anilines is 2. The lowest BCUT2D eigenvalue weighted by molar-refractivity contribution is 0.154. The van der Waals surface area contributed by atoms with Crippen molar-refractivity contribution >= 4 is 11.8 Å². The predicted molar refractivity (Wildman–Crippen MR) is 85.8 cm³/mol. The molecule has 21 heavy (non-hydrogen) atoms. The van der Waals surface area contributed by atoms with Crippen molar-refractivity contribution in [2.24, 2.45) is 0 Å². The van der Waals surface area contributed by atoms with Crippen LogP contribution in [0.5, 0.6) is 0 Å². The number of β-amino-alcohol motifs (C(OH)–C–C–N with tert-alkyl or cyclic N) is 1. The zero-order chi connectivity index (χ0) is 15.1. The number of aliphatic hydroxyl groups is 1. The number of piperidine rings is 1. The largest absolute Gasteiger partial charge is 0.391 e. The normalized spacial score (nSPS) is 19.0. The van der Waals surface area contributed by atoms with Gasteiger partial charge in [-0.3, -0.25) is 0 Å². The van der Waals surface area contributed by atoms with Crippen LogP contribution in [0, 0.1) is 0 Å². The summed E-state index contributed by atoms with van der Waals surface area (Å²) in [4.78, 5) is 13.3. The Bertz CT molecular complexity index is 424. The second kappa shape index (κ2) is 8.14. The van der Waals surface area contributed by atoms with E-state index in [0.29, 0.717) is 12.5 Å². The molecular formula is C15H27N5O. The van der Waals surface area contributed by atoms with Crippen molar-refractivity contribution in [1.29, 1.82) is 0 Å². The van der Waals surface area contributed by atoms with E-state index in [1.807, 2.05) is 6.07 Å². The lowest BCUT2D eigenvalue weighted by atomic mass is 10.1. The van der Waals surface area contributed by atoms with Crippen LogP contribution in [0.2, 0.25) is 0 Å². The predicted octanol–water partition coefficient (Wildman–Crippen LogP) is 1.19. The van der Waals surface area contributed by atoms with Crippen LogP contribution in [0.1, 0.15) is 26.7 Å². The van der Waals surface area contributed by atoms with E-state index in [2.05, 4.69) is 38.9 Å². The molecule has 0 radical (unpaired) electrons. The van der Waals surface area contributed by atoms with Gasteiger partial charge in [-0.15, -0.1) is 0 Å². The highest BCUT2D eigenvalue weighted by molar-refractivity contribution is 5.43. The zero-order valence-electron chi connectivity index (χ0n) is 13.1. The third-order valence-corrected chi connectivity index (χ3v) is 3.97. The Morgan fingerprint density at radius 3 is 2.95 bits per heavy atom. The molecule has 2 rings (SSSR count). The summed E-state index contributed by atoms with van der Waals surface area (Å²) in [6.45, 7) is 9.90. The Hall–Kier alpha value is -1.40. The summed E-state index contributed by atoms with van der Waals surface area (Å²) in [6, 6.07) is 1.91. The van der Waals surface area contributed by atoms with Crippen LogP contribution in [-0.4, -0.2) is 65.3 Å². The minimum absolute atomic E-state index is 0.243. The smallest absolute Gasteiger partial charge is 0.224 e. The minimum atomic E-state index is -0.243. The van der Waals surface area contributed by atoms with Gasteiger partial charge >= 0.3 is 0 Å². The van der Waals surface area contributed by atoms with Gasteiger partial charge in [0.25, 0.3) is 0 Å². The summed E-state index contributed by atoms with van der Waals surface area (Å²) in [5.74, 6) is 1.56. The van der Waals surface area contributed by atoms with Gasteiger partial charge in [-0.25, -0.2) is 4.98 Å². The highest BCUT2D eigenvalue weighted by Gasteiger charge is 2.19. The molecule has 6 nitrogen and oxygen atoms in total. The van der Waals surface area contributed by atoms with Crippen molar-refractivity contribution in [2.75, 3.05) is 49.5 Å². The minimum Gasteiger partial charge on any atom is -0.391 e. The molecule has 0 amide bonds. The lowest BCUT2D eigenvalue weighted by Crippen LogP contribution is -2.38. The molecule has 0 aliphatic carbocycles. The Morgan fingerprint density at radius 1 is 1.43 bits per heavy atom. The molecule has 1 atom stereocenters. The average molecular weight is 293 g/mol. The highest BCUT2D eigenvalue weighted by atomic mass is 16.3. The van der Waals surface area contributed by atoms with Crippen LogP contribution in [0.15, 0.2) is 12.3 Å². The third kappa shape index (κ3) is 4.82. The number of aliphatic hydroxyl groups excluding tert-OH is 1. The summed E-state index contributed by atoms with van der Waals surface area (Å²) in [5, 5.41) is 13.0. The SMILES string of the molecule is CCN(CC)CCNc1nccc(N2CCCC(O)C2)n1. The summed E-state index contributed by atoms with van der Waals surface area (Å²) < 4.78 is 0. The maximum absolute atomic E-state index is 9.76. The third-order valence-electron chi connectivity index (χ3n) is 3.97. The molecule has 118 valence electrons. The zero-order valence-corrected chi connectivity index (χ0v) is 13.1. The molecule has 2 heterocycles. The van der Waals surface area contributed by atoms with E-state index in [0.717, 1.165) is 51.4 Å². The first-order valence-corrected chi connectivity index (χ1v) is 7.95. The maximum Gasteiger partial charge on any atom is 0.224 e. The van der Waals surface area contributed by atoms with Gasteiger partial charge in [0.15, 0.2) is 0 Å². The molecule has 0 saturated carbocycles. The molecule has 1 saturated heterocycles. The van der Waals surface area contributed by atoms with E-state index in [1.165, 1.54) is 0 Å². The molecule has 1 aliphatic rings. The van der Waals surface area contributed by atoms with Gasteiger partial charge in [-0.05, 0) is 32.0 Å². The van der Waals surface area contributed by atoms with Crippen LogP contribution < -0.4 is 10.2 Å². The fourth-order valence-electron chi connectivity index (χ4n) is 2.64. The van der Waals surface area contributed by atoms with Crippen LogP contribution in [-0.2, 0) is 0 Å². The first-order chi connectivity index (χ1) is 10.2. The van der Waals surface area contributed by atoms with Gasteiger partial charge in [0.1, 0.15) is 5.82 Å². The summed E-state index contributed by atoms with van der Waals surface area (Å²) in [7, 11) is 0. The molecule has 1 aromatic rings. The standard InChI is InChI=1S/C15H27N5O/c1-3-19(4-2)11-9-17-15-16-8-7-14(18-15)20-10-5-6-13(21)12-20/h7-8,13,21H,3-6,9-12H2,1-2H3,(H,16,17,18). The Balaban J connectivity index is 1.88. The highest BCUT2D eigenvalue weighted by Crippen LogP contribution is 2.18. The summed E-state index contributed by atoms with van der Waals surface area (Å²) in [5.41, 5.74) is 0. The van der Waals surface area contributed by atoms with Gasteiger partial charge in [0.05, 0.1) is 6.10 Å². The number of nitrogens with zero attached hydrogens (tertiary/aromatic N) is 4. The first kappa shape index (κ1) is 16.0. The van der Waals surface area contributed by atoms with Gasteiger partial charge in [-0.1, -0.05) is 13.8 Å². The molecule has 0 spiro atoms. The van der Waals surface area contributed by atoms with Crippen LogP contribution in [0.4, 0.5) is 11.8 Å². The molecule has 2 N–H and O–H groups in total. The Kier molecular flexibility index (Phi) is 6.20. The van der Waals surface area contributed by atoms with E-state index < -0.39 is 0 Å².